The maximum Gasteiger partial charge on any atom is 0.404 e. The zero-order valence-electron chi connectivity index (χ0n) is 13.6. The predicted octanol–water partition coefficient (Wildman–Crippen LogP) is 1.43. The highest BCUT2D eigenvalue weighted by molar-refractivity contribution is 5.93. The normalized spacial score (nSPS) is 21.4. The van der Waals surface area contributed by atoms with Crippen molar-refractivity contribution in [2.24, 2.45) is 0 Å². The number of aliphatic hydroxyl groups excluding tert-OH is 1. The van der Waals surface area contributed by atoms with E-state index in [1.54, 1.807) is 12.1 Å². The number of hydrogen-bond donors (Lipinski definition) is 3. The number of benzene rings is 1. The number of esters is 1. The van der Waals surface area contributed by atoms with Crippen LogP contribution < -0.4 is 5.32 Å². The molecule has 2 atom stereocenters. The van der Waals surface area contributed by atoms with Gasteiger partial charge in [-0.15, -0.1) is 0 Å². The highest BCUT2D eigenvalue weighted by atomic mass is 16.5. The topological polar surface area (TPSA) is 99.1 Å². The van der Waals surface area contributed by atoms with Gasteiger partial charge in [0, 0.05) is 24.7 Å². The molecule has 1 unspecified atom stereocenters. The molecule has 130 valence electrons. The van der Waals surface area contributed by atoms with Crippen molar-refractivity contribution in [3.63, 3.8) is 0 Å². The van der Waals surface area contributed by atoms with Crippen molar-refractivity contribution >= 4 is 12.1 Å². The van der Waals surface area contributed by atoms with Gasteiger partial charge in [0.25, 0.3) is 0 Å². The van der Waals surface area contributed by atoms with E-state index < -0.39 is 12.2 Å². The maximum absolute atomic E-state index is 11.6. The number of cyclic esters (lactones) is 1. The number of carboxylic acid groups (broad SMARTS) is 1. The Hall–Kier alpha value is -2.12. The summed E-state index contributed by atoms with van der Waals surface area (Å²) in [5.41, 5.74) is 3.12. The minimum atomic E-state index is -1.03. The molecule has 0 saturated carbocycles. The fourth-order valence-corrected chi connectivity index (χ4v) is 3.62. The van der Waals surface area contributed by atoms with Gasteiger partial charge in [-0.1, -0.05) is 6.07 Å². The van der Waals surface area contributed by atoms with Crippen LogP contribution in [0.5, 0.6) is 0 Å². The van der Waals surface area contributed by atoms with Gasteiger partial charge in [0.1, 0.15) is 6.61 Å². The van der Waals surface area contributed by atoms with Gasteiger partial charge in [-0.05, 0) is 43.5 Å². The van der Waals surface area contributed by atoms with Gasteiger partial charge in [-0.2, -0.15) is 0 Å². The first-order valence-corrected chi connectivity index (χ1v) is 8.15. The molecule has 0 bridgehead atoms. The number of hydrogen-bond acceptors (Lipinski definition) is 5. The molecule has 2 aliphatic heterocycles. The molecule has 0 radical (unpaired) electrons. The number of nitrogens with zero attached hydrogens (tertiary/aromatic N) is 1. The summed E-state index contributed by atoms with van der Waals surface area (Å²) < 4.78 is 5.05. The lowest BCUT2D eigenvalue weighted by Crippen LogP contribution is -2.41. The van der Waals surface area contributed by atoms with Crippen LogP contribution in [0.1, 0.15) is 46.0 Å². The Labute approximate surface area is 140 Å². The smallest absolute Gasteiger partial charge is 0.404 e. The lowest BCUT2D eigenvalue weighted by Gasteiger charge is -2.27. The Bertz CT molecular complexity index is 661. The summed E-state index contributed by atoms with van der Waals surface area (Å²) in [4.78, 5) is 24.4. The first-order chi connectivity index (χ1) is 11.5. The van der Waals surface area contributed by atoms with E-state index in [9.17, 15) is 14.7 Å². The Morgan fingerprint density at radius 3 is 3.04 bits per heavy atom. The van der Waals surface area contributed by atoms with Gasteiger partial charge in [0.15, 0.2) is 0 Å². The third-order valence-corrected chi connectivity index (χ3v) is 4.96. The molecule has 2 aliphatic rings. The van der Waals surface area contributed by atoms with Crippen LogP contribution in [-0.4, -0.2) is 52.9 Å². The van der Waals surface area contributed by atoms with Gasteiger partial charge < -0.3 is 20.3 Å². The van der Waals surface area contributed by atoms with Crippen molar-refractivity contribution in [1.82, 2.24) is 10.2 Å². The van der Waals surface area contributed by atoms with E-state index in [4.69, 9.17) is 9.84 Å². The third-order valence-electron chi connectivity index (χ3n) is 4.96. The molecule has 24 heavy (non-hydrogen) atoms. The van der Waals surface area contributed by atoms with Crippen molar-refractivity contribution in [3.8, 4) is 0 Å². The Balaban J connectivity index is 1.70. The van der Waals surface area contributed by atoms with Crippen LogP contribution in [0.4, 0.5) is 4.79 Å². The SMILES string of the molecule is Cc1c([C@@H](O)CN2CCCC2CNC(=O)O)ccc2c1COC2=O. The van der Waals surface area contributed by atoms with E-state index in [1.165, 1.54) is 0 Å². The van der Waals surface area contributed by atoms with Crippen molar-refractivity contribution in [3.05, 3.63) is 34.4 Å². The summed E-state index contributed by atoms with van der Waals surface area (Å²) in [5.74, 6) is -0.312. The third kappa shape index (κ3) is 3.22. The molecule has 1 aromatic rings. The van der Waals surface area contributed by atoms with Crippen LogP contribution in [0.15, 0.2) is 12.1 Å². The second-order valence-electron chi connectivity index (χ2n) is 6.37. The Morgan fingerprint density at radius 1 is 1.50 bits per heavy atom. The lowest BCUT2D eigenvalue weighted by molar-refractivity contribution is 0.0535. The van der Waals surface area contributed by atoms with E-state index in [-0.39, 0.29) is 18.6 Å². The second-order valence-corrected chi connectivity index (χ2v) is 6.37. The number of carbonyl (C=O) groups is 2. The quantitative estimate of drug-likeness (QED) is 0.705. The van der Waals surface area contributed by atoms with E-state index >= 15 is 0 Å². The molecule has 3 N–H and O–H groups in total. The predicted molar refractivity (Wildman–Crippen MR) is 85.9 cm³/mol. The highest BCUT2D eigenvalue weighted by Gasteiger charge is 2.29. The van der Waals surface area contributed by atoms with Crippen molar-refractivity contribution < 1.29 is 24.5 Å². The number of carbonyl (C=O) groups excluding carboxylic acids is 1. The molecule has 7 nitrogen and oxygen atoms in total. The molecule has 7 heteroatoms. The number of β-amino-alcohol motifs (C(OH)–C–C–N with tert-alkyl or cyclic N) is 1. The van der Waals surface area contributed by atoms with E-state index in [0.29, 0.717) is 18.7 Å². The molecule has 1 saturated heterocycles. The van der Waals surface area contributed by atoms with Gasteiger partial charge in [-0.3, -0.25) is 4.90 Å². The first kappa shape index (κ1) is 16.7. The molecule has 1 amide bonds. The number of ether oxygens (including phenoxy) is 1. The molecular formula is C17H22N2O5. The fraction of sp³-hybridized carbons (Fsp3) is 0.529. The zero-order chi connectivity index (χ0) is 17.3. The second kappa shape index (κ2) is 6.78. The standard InChI is InChI=1S/C17H22N2O5/c1-10-12(4-5-13-14(10)9-24-16(13)21)15(20)8-19-6-2-3-11(19)7-18-17(22)23/h4-5,11,15,18,20H,2-3,6-9H2,1H3,(H,22,23)/t11?,15-/m0/s1. The average Bonchev–Trinajstić information content (AvgIpc) is 3.13. The summed E-state index contributed by atoms with van der Waals surface area (Å²) in [6.07, 6.45) is 0.195. The minimum absolute atomic E-state index is 0.107. The van der Waals surface area contributed by atoms with Crippen molar-refractivity contribution in [1.29, 1.82) is 0 Å². The number of nitrogens with one attached hydrogen (secondary N) is 1. The Morgan fingerprint density at radius 2 is 2.29 bits per heavy atom. The van der Waals surface area contributed by atoms with Crippen LogP contribution in [0.25, 0.3) is 0 Å². The Kier molecular flexibility index (Phi) is 4.73. The molecule has 1 fully saturated rings. The number of fused-ring (bicyclic) bond motifs is 1. The molecular weight excluding hydrogens is 312 g/mol. The number of rotatable bonds is 5. The van der Waals surface area contributed by atoms with Crippen molar-refractivity contribution in [2.75, 3.05) is 19.6 Å². The van der Waals surface area contributed by atoms with Crippen LogP contribution in [0, 0.1) is 6.92 Å². The number of aliphatic hydroxyl groups is 1. The largest absolute Gasteiger partial charge is 0.465 e. The number of amides is 1. The van der Waals surface area contributed by atoms with Crippen LogP contribution >= 0.6 is 0 Å². The summed E-state index contributed by atoms with van der Waals surface area (Å²) in [7, 11) is 0. The first-order valence-electron chi connectivity index (χ1n) is 8.15. The molecule has 0 spiro atoms. The van der Waals surface area contributed by atoms with E-state index in [1.807, 2.05) is 6.92 Å². The lowest BCUT2D eigenvalue weighted by atomic mass is 9.95. The summed E-state index contributed by atoms with van der Waals surface area (Å²) in [6, 6.07) is 3.60. The van der Waals surface area contributed by atoms with Gasteiger partial charge in [0.05, 0.1) is 11.7 Å². The van der Waals surface area contributed by atoms with E-state index in [2.05, 4.69) is 10.2 Å². The summed E-state index contributed by atoms with van der Waals surface area (Å²) >= 11 is 0. The monoisotopic (exact) mass is 334 g/mol. The highest BCUT2D eigenvalue weighted by Crippen LogP contribution is 2.30. The van der Waals surface area contributed by atoms with E-state index in [0.717, 1.165) is 36.1 Å². The minimum Gasteiger partial charge on any atom is -0.465 e. The van der Waals surface area contributed by atoms with Gasteiger partial charge in [0.2, 0.25) is 0 Å². The molecule has 3 rings (SSSR count). The zero-order valence-corrected chi connectivity index (χ0v) is 13.6. The molecule has 1 aromatic carbocycles. The molecule has 0 aromatic heterocycles. The van der Waals surface area contributed by atoms with Crippen LogP contribution in [0.3, 0.4) is 0 Å². The van der Waals surface area contributed by atoms with Crippen LogP contribution in [-0.2, 0) is 11.3 Å². The molecule has 2 heterocycles. The average molecular weight is 334 g/mol. The van der Waals surface area contributed by atoms with Gasteiger partial charge >= 0.3 is 12.1 Å². The summed E-state index contributed by atoms with van der Waals surface area (Å²) in [6.45, 7) is 3.81. The maximum atomic E-state index is 11.6. The summed E-state index contributed by atoms with van der Waals surface area (Å²) in [5, 5.41) is 21.8. The number of likely N-dealkylation sites (tertiary alicyclic amines) is 1. The fourth-order valence-electron chi connectivity index (χ4n) is 3.62. The van der Waals surface area contributed by atoms with Gasteiger partial charge in [-0.25, -0.2) is 9.59 Å². The van der Waals surface area contributed by atoms with Crippen molar-refractivity contribution in [2.45, 2.75) is 38.5 Å². The van der Waals surface area contributed by atoms with Crippen LogP contribution in [0.2, 0.25) is 0 Å². The molecule has 0 aliphatic carbocycles.